The van der Waals surface area contributed by atoms with Gasteiger partial charge in [0.05, 0.1) is 6.04 Å². The predicted octanol–water partition coefficient (Wildman–Crippen LogP) is 1.77. The molecule has 1 rings (SSSR count). The van der Waals surface area contributed by atoms with Gasteiger partial charge in [0, 0.05) is 13.0 Å². The topological polar surface area (TPSA) is 78.4 Å². The quantitative estimate of drug-likeness (QED) is 0.666. The first-order valence-electron chi connectivity index (χ1n) is 7.72. The Morgan fingerprint density at radius 2 is 2.05 bits per heavy atom. The van der Waals surface area contributed by atoms with Crippen LogP contribution >= 0.6 is 0 Å². The van der Waals surface area contributed by atoms with Gasteiger partial charge in [-0.3, -0.25) is 9.59 Å². The summed E-state index contributed by atoms with van der Waals surface area (Å²) in [6.07, 6.45) is 5.20. The van der Waals surface area contributed by atoms with Gasteiger partial charge in [-0.2, -0.15) is 0 Å². The van der Waals surface area contributed by atoms with E-state index >= 15 is 0 Å². The second-order valence-electron chi connectivity index (χ2n) is 6.19. The van der Waals surface area contributed by atoms with Crippen LogP contribution in [-0.2, 0) is 9.59 Å². The standard InChI is InChI=1S/C15H28N2O3/c1-11(2)8-12(9-14(18)19)10-17-15(20)13-6-4-3-5-7-16-13/h11-13,16H,3-10H2,1-2H3,(H,17,20)(H,18,19). The molecule has 3 N–H and O–H groups in total. The molecule has 0 radical (unpaired) electrons. The molecule has 2 unspecified atom stereocenters. The van der Waals surface area contributed by atoms with Crippen molar-refractivity contribution >= 4 is 11.9 Å². The maximum absolute atomic E-state index is 12.1. The van der Waals surface area contributed by atoms with Crippen LogP contribution in [0, 0.1) is 11.8 Å². The number of hydrogen-bond donors (Lipinski definition) is 3. The molecule has 0 bridgehead atoms. The third-order valence-corrected chi connectivity index (χ3v) is 3.71. The maximum atomic E-state index is 12.1. The van der Waals surface area contributed by atoms with Crippen molar-refractivity contribution in [2.24, 2.45) is 11.8 Å². The van der Waals surface area contributed by atoms with E-state index in [9.17, 15) is 9.59 Å². The SMILES string of the molecule is CC(C)CC(CNC(=O)C1CCCCCN1)CC(=O)O. The lowest BCUT2D eigenvalue weighted by molar-refractivity contribution is -0.138. The molecule has 1 saturated heterocycles. The Balaban J connectivity index is 2.39. The Bertz CT molecular complexity index is 310. The van der Waals surface area contributed by atoms with Crippen molar-refractivity contribution in [1.29, 1.82) is 0 Å². The van der Waals surface area contributed by atoms with Gasteiger partial charge in [0.15, 0.2) is 0 Å². The molecular weight excluding hydrogens is 256 g/mol. The van der Waals surface area contributed by atoms with Gasteiger partial charge in [0.25, 0.3) is 0 Å². The highest BCUT2D eigenvalue weighted by molar-refractivity contribution is 5.81. The minimum absolute atomic E-state index is 0.0160. The highest BCUT2D eigenvalue weighted by atomic mass is 16.4. The Hall–Kier alpha value is -1.10. The fraction of sp³-hybridized carbons (Fsp3) is 0.867. The molecule has 0 spiro atoms. The molecule has 1 fully saturated rings. The van der Waals surface area contributed by atoms with Crippen LogP contribution in [0.15, 0.2) is 0 Å². The number of aliphatic carboxylic acids is 1. The Kier molecular flexibility index (Phi) is 7.59. The molecule has 2 atom stereocenters. The van der Waals surface area contributed by atoms with Crippen LogP contribution in [0.5, 0.6) is 0 Å². The van der Waals surface area contributed by atoms with Crippen LogP contribution in [0.2, 0.25) is 0 Å². The Labute approximate surface area is 121 Å². The lowest BCUT2D eigenvalue weighted by Crippen LogP contribution is -2.45. The highest BCUT2D eigenvalue weighted by Gasteiger charge is 2.21. The van der Waals surface area contributed by atoms with Crippen LogP contribution in [-0.4, -0.2) is 36.1 Å². The van der Waals surface area contributed by atoms with Gasteiger partial charge in [0.1, 0.15) is 0 Å². The predicted molar refractivity (Wildman–Crippen MR) is 78.5 cm³/mol. The zero-order valence-electron chi connectivity index (χ0n) is 12.7. The van der Waals surface area contributed by atoms with Gasteiger partial charge in [-0.05, 0) is 37.6 Å². The molecule has 0 aliphatic carbocycles. The first kappa shape index (κ1) is 17.0. The molecule has 1 aliphatic heterocycles. The highest BCUT2D eigenvalue weighted by Crippen LogP contribution is 2.15. The summed E-state index contributed by atoms with van der Waals surface area (Å²) >= 11 is 0. The minimum atomic E-state index is -0.794. The molecule has 1 heterocycles. The zero-order chi connectivity index (χ0) is 15.0. The smallest absolute Gasteiger partial charge is 0.303 e. The van der Waals surface area contributed by atoms with E-state index in [1.807, 2.05) is 0 Å². The van der Waals surface area contributed by atoms with Crippen molar-refractivity contribution in [3.8, 4) is 0 Å². The Morgan fingerprint density at radius 1 is 1.30 bits per heavy atom. The number of carbonyl (C=O) groups excluding carboxylic acids is 1. The lowest BCUT2D eigenvalue weighted by atomic mass is 9.94. The molecule has 0 saturated carbocycles. The summed E-state index contributed by atoms with van der Waals surface area (Å²) in [5, 5.41) is 15.1. The van der Waals surface area contributed by atoms with E-state index in [1.165, 1.54) is 6.42 Å². The molecule has 0 aromatic heterocycles. The van der Waals surface area contributed by atoms with Gasteiger partial charge in [-0.1, -0.05) is 26.7 Å². The number of amides is 1. The molecule has 1 amide bonds. The molecule has 5 nitrogen and oxygen atoms in total. The molecule has 0 aromatic carbocycles. The van der Waals surface area contributed by atoms with Gasteiger partial charge in [0.2, 0.25) is 5.91 Å². The molecule has 20 heavy (non-hydrogen) atoms. The van der Waals surface area contributed by atoms with Crippen molar-refractivity contribution in [1.82, 2.24) is 10.6 Å². The van der Waals surface area contributed by atoms with Crippen LogP contribution < -0.4 is 10.6 Å². The van der Waals surface area contributed by atoms with Crippen molar-refractivity contribution < 1.29 is 14.7 Å². The number of carboxylic acid groups (broad SMARTS) is 1. The van der Waals surface area contributed by atoms with Crippen LogP contribution in [0.4, 0.5) is 0 Å². The molecule has 1 aliphatic rings. The van der Waals surface area contributed by atoms with E-state index in [2.05, 4.69) is 24.5 Å². The van der Waals surface area contributed by atoms with Gasteiger partial charge < -0.3 is 15.7 Å². The number of rotatable bonds is 7. The summed E-state index contributed by atoms with van der Waals surface area (Å²) in [6.45, 7) is 5.50. The van der Waals surface area contributed by atoms with E-state index in [4.69, 9.17) is 5.11 Å². The maximum Gasteiger partial charge on any atom is 0.303 e. The van der Waals surface area contributed by atoms with E-state index in [1.54, 1.807) is 0 Å². The molecule has 116 valence electrons. The molecule has 5 heteroatoms. The monoisotopic (exact) mass is 284 g/mol. The number of nitrogens with one attached hydrogen (secondary N) is 2. The molecular formula is C15H28N2O3. The van der Waals surface area contributed by atoms with E-state index in [0.717, 1.165) is 32.2 Å². The first-order valence-corrected chi connectivity index (χ1v) is 7.72. The first-order chi connectivity index (χ1) is 9.49. The number of carboxylic acids is 1. The zero-order valence-corrected chi connectivity index (χ0v) is 12.7. The van der Waals surface area contributed by atoms with Gasteiger partial charge >= 0.3 is 5.97 Å². The van der Waals surface area contributed by atoms with Crippen molar-refractivity contribution in [3.63, 3.8) is 0 Å². The Morgan fingerprint density at radius 3 is 2.70 bits per heavy atom. The van der Waals surface area contributed by atoms with Crippen molar-refractivity contribution in [2.45, 2.75) is 58.4 Å². The van der Waals surface area contributed by atoms with Gasteiger partial charge in [-0.25, -0.2) is 0 Å². The van der Waals surface area contributed by atoms with Crippen molar-refractivity contribution in [3.05, 3.63) is 0 Å². The number of carbonyl (C=O) groups is 2. The minimum Gasteiger partial charge on any atom is -0.481 e. The summed E-state index contributed by atoms with van der Waals surface area (Å²) in [7, 11) is 0. The van der Waals surface area contributed by atoms with E-state index in [-0.39, 0.29) is 24.3 Å². The summed E-state index contributed by atoms with van der Waals surface area (Å²) in [5.74, 6) is -0.321. The summed E-state index contributed by atoms with van der Waals surface area (Å²) in [6, 6.07) is -0.109. The third-order valence-electron chi connectivity index (χ3n) is 3.71. The summed E-state index contributed by atoms with van der Waals surface area (Å²) in [5.41, 5.74) is 0. The van der Waals surface area contributed by atoms with E-state index < -0.39 is 5.97 Å². The largest absolute Gasteiger partial charge is 0.481 e. The normalized spacial score (nSPS) is 21.2. The van der Waals surface area contributed by atoms with Gasteiger partial charge in [-0.15, -0.1) is 0 Å². The third kappa shape index (κ3) is 6.89. The number of hydrogen-bond acceptors (Lipinski definition) is 3. The second kappa shape index (κ2) is 8.95. The average molecular weight is 284 g/mol. The van der Waals surface area contributed by atoms with E-state index in [0.29, 0.717) is 12.5 Å². The fourth-order valence-electron chi connectivity index (χ4n) is 2.77. The van der Waals surface area contributed by atoms with Crippen molar-refractivity contribution in [2.75, 3.05) is 13.1 Å². The van der Waals surface area contributed by atoms with Crippen LogP contribution in [0.25, 0.3) is 0 Å². The lowest BCUT2D eigenvalue weighted by Gasteiger charge is -2.20. The summed E-state index contributed by atoms with van der Waals surface area (Å²) in [4.78, 5) is 23.0. The average Bonchev–Trinajstić information content (AvgIpc) is 2.63. The molecule has 0 aromatic rings. The fourth-order valence-corrected chi connectivity index (χ4v) is 2.77. The van der Waals surface area contributed by atoms with Crippen LogP contribution in [0.3, 0.4) is 0 Å². The summed E-state index contributed by atoms with van der Waals surface area (Å²) < 4.78 is 0. The van der Waals surface area contributed by atoms with Crippen LogP contribution in [0.1, 0.15) is 52.4 Å². The second-order valence-corrected chi connectivity index (χ2v) is 6.19.